The van der Waals surface area contributed by atoms with Gasteiger partial charge in [0, 0.05) is 17.5 Å². The zero-order chi connectivity index (χ0) is 21.1. The molecule has 3 aromatic rings. The van der Waals surface area contributed by atoms with Crippen LogP contribution in [0.15, 0.2) is 58.0 Å². The van der Waals surface area contributed by atoms with Gasteiger partial charge in [-0.05, 0) is 56.2 Å². The maximum absolute atomic E-state index is 13.1. The number of methoxy groups -OCH3 is 1. The Balaban J connectivity index is 1.60. The molecule has 0 atom stereocenters. The Labute approximate surface area is 173 Å². The number of rotatable bonds is 5. The summed E-state index contributed by atoms with van der Waals surface area (Å²) in [6, 6.07) is 13.2. The van der Waals surface area contributed by atoms with Crippen molar-refractivity contribution in [1.82, 2.24) is 0 Å². The highest BCUT2D eigenvalue weighted by Gasteiger charge is 2.28. The number of carbonyl (C=O) groups excluding carboxylic acids is 1. The molecule has 0 saturated carbocycles. The number of furan rings is 1. The topological polar surface area (TPSA) is 75.9 Å². The van der Waals surface area contributed by atoms with Gasteiger partial charge in [-0.3, -0.25) is 10.2 Å². The van der Waals surface area contributed by atoms with Crippen LogP contribution >= 0.6 is 0 Å². The highest BCUT2D eigenvalue weighted by molar-refractivity contribution is 6.09. The smallest absolute Gasteiger partial charge is 0.291 e. The van der Waals surface area contributed by atoms with Gasteiger partial charge in [0.2, 0.25) is 0 Å². The van der Waals surface area contributed by atoms with Crippen molar-refractivity contribution in [3.05, 3.63) is 77.0 Å². The second-order valence-corrected chi connectivity index (χ2v) is 7.04. The zero-order valence-corrected chi connectivity index (χ0v) is 16.8. The van der Waals surface area contributed by atoms with Crippen LogP contribution in [0, 0.1) is 12.7 Å². The summed E-state index contributed by atoms with van der Waals surface area (Å²) < 4.78 is 24.3. The number of carbonyl (C=O) groups is 1. The Morgan fingerprint density at radius 2 is 1.90 bits per heavy atom. The van der Waals surface area contributed by atoms with E-state index in [-0.39, 0.29) is 17.5 Å². The van der Waals surface area contributed by atoms with Crippen LogP contribution in [0.25, 0.3) is 0 Å². The highest BCUT2D eigenvalue weighted by Crippen LogP contribution is 2.31. The average Bonchev–Trinajstić information content (AvgIpc) is 3.11. The fourth-order valence-corrected chi connectivity index (χ4v) is 3.58. The fraction of sp³-hybridized carbons (Fsp3) is 0.217. The monoisotopic (exact) mass is 407 g/mol. The van der Waals surface area contributed by atoms with Gasteiger partial charge in [0.1, 0.15) is 17.3 Å². The fourth-order valence-electron chi connectivity index (χ4n) is 3.58. The summed E-state index contributed by atoms with van der Waals surface area (Å²) in [7, 11) is 1.55. The maximum Gasteiger partial charge on any atom is 0.291 e. The van der Waals surface area contributed by atoms with Crippen LogP contribution < -0.4 is 15.5 Å². The minimum Gasteiger partial charge on any atom is -0.495 e. The number of fused-ring (bicyclic) bond motifs is 1. The Morgan fingerprint density at radius 3 is 2.67 bits per heavy atom. The number of hydrazone groups is 1. The summed E-state index contributed by atoms with van der Waals surface area (Å²) in [5.74, 6) is 0.957. The second kappa shape index (κ2) is 8.41. The second-order valence-electron chi connectivity index (χ2n) is 7.04. The van der Waals surface area contributed by atoms with Crippen LogP contribution in [0.3, 0.4) is 0 Å². The molecule has 0 saturated heterocycles. The van der Waals surface area contributed by atoms with Crippen molar-refractivity contribution < 1.29 is 18.3 Å². The lowest BCUT2D eigenvalue weighted by atomic mass is 9.93. The summed E-state index contributed by atoms with van der Waals surface area (Å²) >= 11 is 0. The molecule has 7 heteroatoms. The quantitative estimate of drug-likeness (QED) is 0.574. The van der Waals surface area contributed by atoms with Crippen LogP contribution in [0.2, 0.25) is 0 Å². The van der Waals surface area contributed by atoms with E-state index < -0.39 is 0 Å². The number of anilines is 2. The molecule has 0 radical (unpaired) electrons. The minimum absolute atomic E-state index is 0.266. The molecule has 30 heavy (non-hydrogen) atoms. The first-order valence-corrected chi connectivity index (χ1v) is 9.72. The molecule has 6 nitrogen and oxygen atoms in total. The number of ether oxygens (including phenoxy) is 1. The first kappa shape index (κ1) is 19.7. The van der Waals surface area contributed by atoms with Gasteiger partial charge in [-0.1, -0.05) is 12.1 Å². The molecule has 0 fully saturated rings. The average molecular weight is 407 g/mol. The molecule has 1 aliphatic carbocycles. The Bertz CT molecular complexity index is 1100. The molecule has 154 valence electrons. The van der Waals surface area contributed by atoms with Gasteiger partial charge in [-0.2, -0.15) is 5.10 Å². The lowest BCUT2D eigenvalue weighted by molar-refractivity contribution is 0.0993. The van der Waals surface area contributed by atoms with E-state index in [1.807, 2.05) is 19.1 Å². The molecule has 4 rings (SSSR count). The number of benzene rings is 2. The summed E-state index contributed by atoms with van der Waals surface area (Å²) in [6.07, 6.45) is 2.38. The van der Waals surface area contributed by atoms with E-state index in [1.54, 1.807) is 31.4 Å². The number of aryl methyl sites for hydroxylation is 1. The molecule has 0 aliphatic heterocycles. The summed E-state index contributed by atoms with van der Waals surface area (Å²) in [5, 5.41) is 7.36. The number of nitrogens with zero attached hydrogens (tertiary/aromatic N) is 1. The van der Waals surface area contributed by atoms with Crippen molar-refractivity contribution >= 4 is 23.0 Å². The number of hydrogen-bond acceptors (Lipinski definition) is 5. The number of para-hydroxylation sites is 2. The maximum atomic E-state index is 13.1. The lowest BCUT2D eigenvalue weighted by Gasteiger charge is -2.13. The molecule has 0 bridgehead atoms. The van der Waals surface area contributed by atoms with Crippen LogP contribution in [-0.4, -0.2) is 18.7 Å². The third-order valence-corrected chi connectivity index (χ3v) is 5.05. The van der Waals surface area contributed by atoms with Crippen molar-refractivity contribution in [3.63, 3.8) is 0 Å². The third-order valence-electron chi connectivity index (χ3n) is 5.05. The first-order valence-electron chi connectivity index (χ1n) is 9.72. The lowest BCUT2D eigenvalue weighted by Crippen LogP contribution is -2.14. The standard InChI is InChI=1S/C23H22FN3O3/c1-14-21-18(27-26-16-12-10-15(24)11-13-16)7-5-9-20(21)30-22(14)23(28)25-17-6-3-4-8-19(17)29-2/h3-4,6,8,10-13,26H,5,7,9H2,1-2H3,(H,25,28)/b27-18+. The number of hydrogen-bond donors (Lipinski definition) is 2. The molecule has 1 amide bonds. The Hall–Kier alpha value is -3.61. The van der Waals surface area contributed by atoms with E-state index in [2.05, 4.69) is 15.8 Å². The SMILES string of the molecule is COc1ccccc1NC(=O)c1oc2c(c1C)/C(=N/Nc1ccc(F)cc1)CCC2. The van der Waals surface area contributed by atoms with E-state index in [0.717, 1.165) is 41.9 Å². The minimum atomic E-state index is -0.336. The van der Waals surface area contributed by atoms with Gasteiger partial charge in [0.15, 0.2) is 5.76 Å². The predicted octanol–water partition coefficient (Wildman–Crippen LogP) is 5.14. The van der Waals surface area contributed by atoms with E-state index in [4.69, 9.17) is 9.15 Å². The van der Waals surface area contributed by atoms with Gasteiger partial charge in [0.25, 0.3) is 5.91 Å². The molecular weight excluding hydrogens is 385 g/mol. The molecular formula is C23H22FN3O3. The van der Waals surface area contributed by atoms with Crippen molar-refractivity contribution in [2.45, 2.75) is 26.2 Å². The van der Waals surface area contributed by atoms with Crippen LogP contribution in [0.5, 0.6) is 5.75 Å². The largest absolute Gasteiger partial charge is 0.495 e. The summed E-state index contributed by atoms with van der Waals surface area (Å²) in [5.41, 5.74) is 6.65. The predicted molar refractivity (Wildman–Crippen MR) is 114 cm³/mol. The van der Waals surface area contributed by atoms with Gasteiger partial charge in [-0.15, -0.1) is 0 Å². The zero-order valence-electron chi connectivity index (χ0n) is 16.8. The van der Waals surface area contributed by atoms with E-state index >= 15 is 0 Å². The molecule has 2 aromatic carbocycles. The van der Waals surface area contributed by atoms with Gasteiger partial charge in [0.05, 0.1) is 24.2 Å². The van der Waals surface area contributed by atoms with Gasteiger partial charge in [-0.25, -0.2) is 4.39 Å². The van der Waals surface area contributed by atoms with E-state index in [9.17, 15) is 9.18 Å². The molecule has 1 aromatic heterocycles. The van der Waals surface area contributed by atoms with Crippen molar-refractivity contribution in [3.8, 4) is 5.75 Å². The molecule has 2 N–H and O–H groups in total. The number of amides is 1. The first-order chi connectivity index (χ1) is 14.6. The summed E-state index contributed by atoms with van der Waals surface area (Å²) in [6.45, 7) is 1.86. The van der Waals surface area contributed by atoms with Gasteiger partial charge >= 0.3 is 0 Å². The highest BCUT2D eigenvalue weighted by atomic mass is 19.1. The van der Waals surface area contributed by atoms with Crippen LogP contribution in [-0.2, 0) is 6.42 Å². The van der Waals surface area contributed by atoms with Gasteiger partial charge < -0.3 is 14.5 Å². The molecule has 0 unspecified atom stereocenters. The summed E-state index contributed by atoms with van der Waals surface area (Å²) in [4.78, 5) is 12.9. The number of nitrogens with one attached hydrogen (secondary N) is 2. The number of halogens is 1. The van der Waals surface area contributed by atoms with Crippen molar-refractivity contribution in [2.75, 3.05) is 17.9 Å². The third kappa shape index (κ3) is 3.91. The Morgan fingerprint density at radius 1 is 1.13 bits per heavy atom. The Kier molecular flexibility index (Phi) is 5.52. The van der Waals surface area contributed by atoms with Crippen LogP contribution in [0.4, 0.5) is 15.8 Å². The molecule has 0 spiro atoms. The molecule has 1 aliphatic rings. The van der Waals surface area contributed by atoms with E-state index in [1.165, 1.54) is 12.1 Å². The van der Waals surface area contributed by atoms with Crippen molar-refractivity contribution in [2.24, 2.45) is 5.10 Å². The van der Waals surface area contributed by atoms with Crippen molar-refractivity contribution in [1.29, 1.82) is 0 Å². The normalized spacial score (nSPS) is 14.3. The van der Waals surface area contributed by atoms with Crippen LogP contribution in [0.1, 0.15) is 40.3 Å². The molecule has 1 heterocycles. The van der Waals surface area contributed by atoms with E-state index in [0.29, 0.717) is 17.1 Å².